The van der Waals surface area contributed by atoms with E-state index in [9.17, 15) is 4.79 Å². The van der Waals surface area contributed by atoms with Crippen molar-refractivity contribution in [2.75, 3.05) is 39.3 Å². The van der Waals surface area contributed by atoms with Crippen molar-refractivity contribution in [3.8, 4) is 11.3 Å². The monoisotopic (exact) mass is 432 g/mol. The lowest BCUT2D eigenvalue weighted by molar-refractivity contribution is 0.0768. The number of halogens is 3. The quantitative estimate of drug-likeness (QED) is 0.806. The van der Waals surface area contributed by atoms with Gasteiger partial charge in [0.25, 0.3) is 5.91 Å². The summed E-state index contributed by atoms with van der Waals surface area (Å²) in [6, 6.07) is 7.77. The summed E-state index contributed by atoms with van der Waals surface area (Å²) in [5.74, 6) is 0.363. The summed E-state index contributed by atoms with van der Waals surface area (Å²) in [6.45, 7) is 5.62. The largest absolute Gasteiger partial charge is 0.443 e. The van der Waals surface area contributed by atoms with E-state index in [1.807, 2.05) is 23.1 Å². The zero-order chi connectivity index (χ0) is 17.2. The van der Waals surface area contributed by atoms with Crippen molar-refractivity contribution in [3.63, 3.8) is 0 Å². The molecular weight excluding hydrogens is 411 g/mol. The number of nitrogens with one attached hydrogen (secondary N) is 1. The van der Waals surface area contributed by atoms with Gasteiger partial charge in [-0.05, 0) is 18.6 Å². The number of rotatable bonds is 3. The molecule has 1 aromatic carbocycles. The molecule has 1 aromatic heterocycles. The van der Waals surface area contributed by atoms with Gasteiger partial charge < -0.3 is 14.6 Å². The fourth-order valence-corrected chi connectivity index (χ4v) is 3.88. The molecule has 1 amide bonds. The minimum Gasteiger partial charge on any atom is -0.443 e. The number of nitrogens with zero attached hydrogens (tertiary/aromatic N) is 3. The Morgan fingerprint density at radius 3 is 2.67 bits per heavy atom. The van der Waals surface area contributed by atoms with Crippen LogP contribution in [-0.2, 0) is 0 Å². The molecule has 1 unspecified atom stereocenters. The lowest BCUT2D eigenvalue weighted by Crippen LogP contribution is -2.49. The number of amides is 1. The van der Waals surface area contributed by atoms with Crippen LogP contribution in [0.25, 0.3) is 11.3 Å². The van der Waals surface area contributed by atoms with E-state index in [0.717, 1.165) is 45.7 Å². The molecule has 9 heteroatoms. The molecule has 4 rings (SSSR count). The Hall–Kier alpha value is -1.31. The molecule has 2 aliphatic heterocycles. The highest BCUT2D eigenvalue weighted by Crippen LogP contribution is 2.31. The summed E-state index contributed by atoms with van der Waals surface area (Å²) in [6.07, 6.45) is 2.32. The van der Waals surface area contributed by atoms with E-state index >= 15 is 0 Å². The van der Waals surface area contributed by atoms with Crippen molar-refractivity contribution in [1.82, 2.24) is 20.1 Å². The Balaban J connectivity index is 0.00000131. The van der Waals surface area contributed by atoms with Crippen LogP contribution >= 0.6 is 36.4 Å². The summed E-state index contributed by atoms with van der Waals surface area (Å²) < 4.78 is 5.49. The third-order valence-corrected chi connectivity index (χ3v) is 5.34. The summed E-state index contributed by atoms with van der Waals surface area (Å²) in [7, 11) is 0. The van der Waals surface area contributed by atoms with Crippen LogP contribution in [-0.4, -0.2) is 66.0 Å². The summed E-state index contributed by atoms with van der Waals surface area (Å²) in [5.41, 5.74) is 1.04. The third kappa shape index (κ3) is 4.58. The average Bonchev–Trinajstić information content (AvgIpc) is 3.32. The number of oxazole rings is 1. The van der Waals surface area contributed by atoms with Crippen molar-refractivity contribution >= 4 is 42.3 Å². The number of piperazine rings is 1. The molecule has 2 saturated heterocycles. The van der Waals surface area contributed by atoms with E-state index < -0.39 is 0 Å². The van der Waals surface area contributed by atoms with E-state index in [2.05, 4.69) is 15.2 Å². The van der Waals surface area contributed by atoms with Gasteiger partial charge in [-0.1, -0.05) is 23.7 Å². The highest BCUT2D eigenvalue weighted by Gasteiger charge is 2.33. The van der Waals surface area contributed by atoms with Crippen molar-refractivity contribution in [3.05, 3.63) is 41.4 Å². The van der Waals surface area contributed by atoms with Gasteiger partial charge in [-0.25, -0.2) is 4.98 Å². The Bertz CT molecular complexity index is 765. The topological polar surface area (TPSA) is 61.6 Å². The van der Waals surface area contributed by atoms with Crippen molar-refractivity contribution in [2.24, 2.45) is 0 Å². The van der Waals surface area contributed by atoms with Gasteiger partial charge in [0.2, 0.25) is 0 Å². The Kier molecular flexibility index (Phi) is 7.94. The van der Waals surface area contributed by atoms with Crippen LogP contribution in [0.1, 0.15) is 16.9 Å². The second-order valence-corrected chi connectivity index (χ2v) is 6.90. The van der Waals surface area contributed by atoms with E-state index in [1.165, 1.54) is 6.39 Å². The molecule has 0 spiro atoms. The molecule has 0 radical (unpaired) electrons. The highest BCUT2D eigenvalue weighted by atomic mass is 35.5. The SMILES string of the molecule is Cl.Cl.O=C(c1ncoc1-c1ccccc1Cl)N1CCC(N2CCNCC2)C1. The van der Waals surface area contributed by atoms with Crippen LogP contribution in [0.2, 0.25) is 5.02 Å². The first-order valence-electron chi connectivity index (χ1n) is 8.66. The second kappa shape index (κ2) is 9.75. The Morgan fingerprint density at radius 1 is 1.19 bits per heavy atom. The average molecular weight is 434 g/mol. The number of hydrogen-bond acceptors (Lipinski definition) is 5. The number of likely N-dealkylation sites (tertiary alicyclic amines) is 1. The second-order valence-electron chi connectivity index (χ2n) is 6.49. The van der Waals surface area contributed by atoms with E-state index in [1.54, 1.807) is 6.07 Å². The maximum atomic E-state index is 13.0. The fraction of sp³-hybridized carbons (Fsp3) is 0.444. The highest BCUT2D eigenvalue weighted by molar-refractivity contribution is 6.33. The van der Waals surface area contributed by atoms with Crippen molar-refractivity contribution in [2.45, 2.75) is 12.5 Å². The molecular formula is C18H23Cl3N4O2. The molecule has 1 N–H and O–H groups in total. The van der Waals surface area contributed by atoms with Crippen LogP contribution < -0.4 is 5.32 Å². The van der Waals surface area contributed by atoms with Gasteiger partial charge in [0.05, 0.1) is 5.02 Å². The molecule has 27 heavy (non-hydrogen) atoms. The normalized spacial score (nSPS) is 20.0. The molecule has 0 saturated carbocycles. The lowest BCUT2D eigenvalue weighted by atomic mass is 10.1. The molecule has 148 valence electrons. The minimum atomic E-state index is -0.0821. The molecule has 3 heterocycles. The van der Waals surface area contributed by atoms with Crippen LogP contribution in [0.15, 0.2) is 35.1 Å². The molecule has 0 aliphatic carbocycles. The van der Waals surface area contributed by atoms with Crippen molar-refractivity contribution < 1.29 is 9.21 Å². The maximum absolute atomic E-state index is 13.0. The van der Waals surface area contributed by atoms with Crippen LogP contribution in [0.3, 0.4) is 0 Å². The van der Waals surface area contributed by atoms with E-state index in [4.69, 9.17) is 16.0 Å². The number of carbonyl (C=O) groups excluding carboxylic acids is 1. The standard InChI is InChI=1S/C18H21ClN4O2.2ClH/c19-15-4-2-1-3-14(15)17-16(21-12-25-17)18(24)23-8-5-13(11-23)22-9-6-20-7-10-22;;/h1-4,12-13,20H,5-11H2;2*1H. The number of carbonyl (C=O) groups is 1. The summed E-state index contributed by atoms with van der Waals surface area (Å²) in [4.78, 5) is 21.5. The summed E-state index contributed by atoms with van der Waals surface area (Å²) in [5, 5.41) is 3.92. The van der Waals surface area contributed by atoms with Gasteiger partial charge in [0, 0.05) is 50.9 Å². The lowest BCUT2D eigenvalue weighted by Gasteiger charge is -2.32. The molecule has 1 atom stereocenters. The van der Waals surface area contributed by atoms with Gasteiger partial charge in [0.1, 0.15) is 0 Å². The Morgan fingerprint density at radius 2 is 1.93 bits per heavy atom. The van der Waals surface area contributed by atoms with Gasteiger partial charge >= 0.3 is 0 Å². The van der Waals surface area contributed by atoms with Crippen molar-refractivity contribution in [1.29, 1.82) is 0 Å². The predicted octanol–water partition coefficient (Wildman–Crippen LogP) is 2.96. The molecule has 6 nitrogen and oxygen atoms in total. The first-order valence-corrected chi connectivity index (χ1v) is 9.04. The number of benzene rings is 1. The van der Waals surface area contributed by atoms with Crippen LogP contribution in [0.4, 0.5) is 0 Å². The third-order valence-electron chi connectivity index (χ3n) is 5.01. The predicted molar refractivity (Wildman–Crippen MR) is 110 cm³/mol. The molecule has 2 fully saturated rings. The van der Waals surface area contributed by atoms with E-state index in [-0.39, 0.29) is 30.7 Å². The summed E-state index contributed by atoms with van der Waals surface area (Å²) >= 11 is 6.25. The van der Waals surface area contributed by atoms with E-state index in [0.29, 0.717) is 28.1 Å². The zero-order valence-electron chi connectivity index (χ0n) is 14.8. The van der Waals surface area contributed by atoms with Crippen LogP contribution in [0.5, 0.6) is 0 Å². The zero-order valence-corrected chi connectivity index (χ0v) is 17.2. The minimum absolute atomic E-state index is 0. The van der Waals surface area contributed by atoms with Crippen LogP contribution in [0, 0.1) is 0 Å². The Labute approximate surface area is 176 Å². The van der Waals surface area contributed by atoms with Gasteiger partial charge in [-0.3, -0.25) is 9.69 Å². The number of aromatic nitrogens is 1. The maximum Gasteiger partial charge on any atom is 0.276 e. The molecule has 2 aromatic rings. The smallest absolute Gasteiger partial charge is 0.276 e. The molecule has 0 bridgehead atoms. The van der Waals surface area contributed by atoms with Gasteiger partial charge in [0.15, 0.2) is 17.8 Å². The van der Waals surface area contributed by atoms with Gasteiger partial charge in [-0.2, -0.15) is 0 Å². The number of hydrogen-bond donors (Lipinski definition) is 1. The fourth-order valence-electron chi connectivity index (χ4n) is 3.66. The molecule has 2 aliphatic rings. The first-order chi connectivity index (χ1) is 12.2. The first kappa shape index (κ1) is 22.0. The van der Waals surface area contributed by atoms with Gasteiger partial charge in [-0.15, -0.1) is 24.8 Å².